The monoisotopic (exact) mass is 557 g/mol. The molecular formula is C35H44FN3O2. The van der Waals surface area contributed by atoms with Crippen LogP contribution >= 0.6 is 0 Å². The molecule has 218 valence electrons. The highest BCUT2D eigenvalue weighted by Crippen LogP contribution is 2.44. The van der Waals surface area contributed by atoms with Crippen LogP contribution < -0.4 is 10.2 Å². The number of benzene rings is 1. The third-order valence-corrected chi connectivity index (χ3v) is 9.78. The molecule has 0 radical (unpaired) electrons. The van der Waals surface area contributed by atoms with Gasteiger partial charge in [0.25, 0.3) is 0 Å². The Morgan fingerprint density at radius 2 is 1.98 bits per heavy atom. The van der Waals surface area contributed by atoms with Crippen molar-refractivity contribution in [2.45, 2.75) is 76.6 Å². The molecule has 5 nitrogen and oxygen atoms in total. The number of nitrogens with one attached hydrogen (secondary N) is 1. The molecule has 1 aromatic rings. The number of nitriles is 1. The lowest BCUT2D eigenvalue weighted by Gasteiger charge is -2.26. The van der Waals surface area contributed by atoms with Crippen molar-refractivity contribution in [3.63, 3.8) is 0 Å². The fourth-order valence-electron chi connectivity index (χ4n) is 7.63. The average Bonchev–Trinajstić information content (AvgIpc) is 3.20. The summed E-state index contributed by atoms with van der Waals surface area (Å²) >= 11 is 0. The molecule has 2 aliphatic carbocycles. The highest BCUT2D eigenvalue weighted by molar-refractivity contribution is 5.52. The molecule has 0 bridgehead atoms. The van der Waals surface area contributed by atoms with E-state index in [2.05, 4.69) is 47.5 Å². The van der Waals surface area contributed by atoms with E-state index in [0.717, 1.165) is 75.2 Å². The van der Waals surface area contributed by atoms with E-state index < -0.39 is 0 Å². The van der Waals surface area contributed by atoms with Crippen molar-refractivity contribution in [1.82, 2.24) is 5.32 Å². The van der Waals surface area contributed by atoms with Crippen LogP contribution in [0.5, 0.6) is 0 Å². The fourth-order valence-corrected chi connectivity index (χ4v) is 7.63. The summed E-state index contributed by atoms with van der Waals surface area (Å²) in [6.45, 7) is 6.96. The predicted molar refractivity (Wildman–Crippen MR) is 161 cm³/mol. The smallest absolute Gasteiger partial charge is 0.126 e. The van der Waals surface area contributed by atoms with E-state index in [-0.39, 0.29) is 36.0 Å². The Morgan fingerprint density at radius 3 is 2.78 bits per heavy atom. The van der Waals surface area contributed by atoms with Gasteiger partial charge in [-0.15, -0.1) is 0 Å². The number of hydrogen-bond acceptors (Lipinski definition) is 5. The van der Waals surface area contributed by atoms with Gasteiger partial charge in [0, 0.05) is 43.4 Å². The molecule has 1 aromatic carbocycles. The Kier molecular flexibility index (Phi) is 9.05. The summed E-state index contributed by atoms with van der Waals surface area (Å²) in [6, 6.07) is 11.3. The molecule has 3 saturated heterocycles. The first-order valence-electron chi connectivity index (χ1n) is 15.8. The molecule has 6 rings (SSSR count). The van der Waals surface area contributed by atoms with Crippen LogP contribution in [0, 0.1) is 29.1 Å². The standard InChI is InChI=1S/C35H44FN3O2/c1-24-19-28(32-12-4-26(22-37)20-29-8-13-33(36)35(29)32)7-11-31(41-24)21-25-3-2-16-39(17-14-25)30-9-5-27(6-10-30)34-23-38-15-18-40-34/h4-6,8-10,12-13,24-25,28-29,31,34,38H,2-3,7,11,14-21,23H2,1H3/t24-,25?,28?,29?,31-,34+/m1/s1. The molecule has 3 fully saturated rings. The van der Waals surface area contributed by atoms with Crippen molar-refractivity contribution in [2.24, 2.45) is 17.8 Å². The number of anilines is 1. The van der Waals surface area contributed by atoms with Gasteiger partial charge in [-0.2, -0.15) is 5.26 Å². The van der Waals surface area contributed by atoms with Gasteiger partial charge in [-0.25, -0.2) is 4.39 Å². The zero-order chi connectivity index (χ0) is 28.2. The Balaban J connectivity index is 1.05. The molecule has 6 heteroatoms. The summed E-state index contributed by atoms with van der Waals surface area (Å²) in [5, 5.41) is 12.9. The average molecular weight is 558 g/mol. The Hall–Kier alpha value is -2.72. The van der Waals surface area contributed by atoms with E-state index in [4.69, 9.17) is 9.47 Å². The molecule has 3 heterocycles. The highest BCUT2D eigenvalue weighted by atomic mass is 19.1. The van der Waals surface area contributed by atoms with Crippen LogP contribution in [0.2, 0.25) is 0 Å². The van der Waals surface area contributed by atoms with Gasteiger partial charge in [0.1, 0.15) is 5.83 Å². The SMILES string of the molecule is C[C@@H]1CC(C2=CC=C(C#N)CC3C=CC(F)=C23)CC[C@H](CC2CCCN(c3ccc([C@@H]4CNCCO4)cc3)CC2)O1. The number of hydrogen-bond donors (Lipinski definition) is 1. The first-order chi connectivity index (χ1) is 20.1. The van der Waals surface area contributed by atoms with Crippen molar-refractivity contribution in [3.8, 4) is 6.07 Å². The third-order valence-electron chi connectivity index (χ3n) is 9.78. The van der Waals surface area contributed by atoms with Gasteiger partial charge < -0.3 is 19.7 Å². The summed E-state index contributed by atoms with van der Waals surface area (Å²) in [5.74, 6) is 0.777. The van der Waals surface area contributed by atoms with Crippen LogP contribution in [0.25, 0.3) is 0 Å². The first-order valence-corrected chi connectivity index (χ1v) is 15.8. The fraction of sp³-hybridized carbons (Fsp3) is 0.571. The Morgan fingerprint density at radius 1 is 1.10 bits per heavy atom. The van der Waals surface area contributed by atoms with Gasteiger partial charge >= 0.3 is 0 Å². The summed E-state index contributed by atoms with van der Waals surface area (Å²) in [4.78, 5) is 2.55. The minimum Gasteiger partial charge on any atom is -0.375 e. The van der Waals surface area contributed by atoms with E-state index in [0.29, 0.717) is 12.3 Å². The lowest BCUT2D eigenvalue weighted by Crippen LogP contribution is -2.33. The van der Waals surface area contributed by atoms with Gasteiger partial charge in [-0.05, 0) is 111 Å². The van der Waals surface area contributed by atoms with Crippen molar-refractivity contribution in [2.75, 3.05) is 37.7 Å². The quantitative estimate of drug-likeness (QED) is 0.418. The summed E-state index contributed by atoms with van der Waals surface area (Å²) in [6.07, 6.45) is 16.3. The number of rotatable bonds is 5. The van der Waals surface area contributed by atoms with Crippen LogP contribution in [-0.4, -0.2) is 45.0 Å². The van der Waals surface area contributed by atoms with Gasteiger partial charge in [0.15, 0.2) is 0 Å². The summed E-state index contributed by atoms with van der Waals surface area (Å²) in [5.41, 5.74) is 5.19. The Bertz CT molecular complexity index is 1240. The second kappa shape index (κ2) is 13.1. The first kappa shape index (κ1) is 28.4. The van der Waals surface area contributed by atoms with E-state index in [1.165, 1.54) is 30.5 Å². The molecule has 1 N–H and O–H groups in total. The van der Waals surface area contributed by atoms with Gasteiger partial charge in [0.2, 0.25) is 0 Å². The van der Waals surface area contributed by atoms with Crippen molar-refractivity contribution >= 4 is 5.69 Å². The minimum atomic E-state index is -0.125. The number of morpholine rings is 1. The molecule has 6 atom stereocenters. The normalized spacial score (nSPS) is 32.8. The number of allylic oxidation sites excluding steroid dienone is 8. The van der Waals surface area contributed by atoms with Crippen LogP contribution in [-0.2, 0) is 9.47 Å². The topological polar surface area (TPSA) is 57.5 Å². The maximum Gasteiger partial charge on any atom is 0.126 e. The van der Waals surface area contributed by atoms with Crippen LogP contribution in [0.15, 0.2) is 71.1 Å². The minimum absolute atomic E-state index is 0.0207. The number of fused-ring (bicyclic) bond motifs is 1. The molecule has 41 heavy (non-hydrogen) atoms. The molecule has 0 saturated carbocycles. The maximum atomic E-state index is 15.0. The van der Waals surface area contributed by atoms with Crippen LogP contribution in [0.1, 0.15) is 70.0 Å². The lowest BCUT2D eigenvalue weighted by molar-refractivity contribution is -0.0124. The molecular weight excluding hydrogens is 513 g/mol. The largest absolute Gasteiger partial charge is 0.375 e. The molecule has 5 aliphatic rings. The molecule has 0 amide bonds. The van der Waals surface area contributed by atoms with Gasteiger partial charge in [-0.3, -0.25) is 0 Å². The van der Waals surface area contributed by atoms with Crippen molar-refractivity contribution < 1.29 is 13.9 Å². The zero-order valence-electron chi connectivity index (χ0n) is 24.4. The van der Waals surface area contributed by atoms with Crippen molar-refractivity contribution in [1.29, 1.82) is 5.26 Å². The van der Waals surface area contributed by atoms with E-state index in [9.17, 15) is 9.65 Å². The zero-order valence-corrected chi connectivity index (χ0v) is 24.4. The number of nitrogens with zero attached hydrogens (tertiary/aromatic N) is 2. The molecule has 0 aromatic heterocycles. The number of halogens is 1. The maximum absolute atomic E-state index is 15.0. The van der Waals surface area contributed by atoms with Crippen LogP contribution in [0.3, 0.4) is 0 Å². The third kappa shape index (κ3) is 6.69. The number of ether oxygens (including phenoxy) is 2. The van der Waals surface area contributed by atoms with E-state index >= 15 is 0 Å². The van der Waals surface area contributed by atoms with E-state index in [1.54, 1.807) is 6.08 Å². The highest BCUT2D eigenvalue weighted by Gasteiger charge is 2.34. The predicted octanol–water partition coefficient (Wildman–Crippen LogP) is 7.11. The summed E-state index contributed by atoms with van der Waals surface area (Å²) < 4.78 is 27.5. The Labute approximate surface area is 244 Å². The second-order valence-electron chi connectivity index (χ2n) is 12.6. The van der Waals surface area contributed by atoms with Gasteiger partial charge in [0.05, 0.1) is 31.0 Å². The van der Waals surface area contributed by atoms with Crippen molar-refractivity contribution in [3.05, 3.63) is 76.7 Å². The van der Waals surface area contributed by atoms with Gasteiger partial charge in [-0.1, -0.05) is 24.3 Å². The van der Waals surface area contributed by atoms with E-state index in [1.807, 2.05) is 18.2 Å². The van der Waals surface area contributed by atoms with Crippen LogP contribution in [0.4, 0.5) is 10.1 Å². The molecule has 3 aliphatic heterocycles. The second-order valence-corrected chi connectivity index (χ2v) is 12.6. The lowest BCUT2D eigenvalue weighted by atomic mass is 9.80. The summed E-state index contributed by atoms with van der Waals surface area (Å²) in [7, 11) is 0. The molecule has 3 unspecified atom stereocenters. The molecule has 0 spiro atoms.